The first-order chi connectivity index (χ1) is 8.14. The molecule has 0 aliphatic carbocycles. The lowest BCUT2D eigenvalue weighted by molar-refractivity contribution is -0.141. The van der Waals surface area contributed by atoms with Gasteiger partial charge < -0.3 is 0 Å². The second kappa shape index (κ2) is 5.19. The quantitative estimate of drug-likeness (QED) is 0.902. The highest BCUT2D eigenvalue weighted by Gasteiger charge is 2.33. The van der Waals surface area contributed by atoms with Crippen molar-refractivity contribution < 1.29 is 21.6 Å². The fourth-order valence-electron chi connectivity index (χ4n) is 1.13. The van der Waals surface area contributed by atoms with Gasteiger partial charge in [0.05, 0.1) is 12.3 Å². The van der Waals surface area contributed by atoms with Crippen LogP contribution in [0.5, 0.6) is 0 Å². The molecule has 0 aliphatic heterocycles. The summed E-state index contributed by atoms with van der Waals surface area (Å²) < 4.78 is 61.8. The summed E-state index contributed by atoms with van der Waals surface area (Å²) in [4.78, 5) is 7.03. The van der Waals surface area contributed by atoms with Crippen LogP contribution < -0.4 is 4.72 Å². The van der Waals surface area contributed by atoms with Gasteiger partial charge in [-0.05, 0) is 19.9 Å². The SMILES string of the molecule is CCS(=O)(=O)NCc1nc(C)cc(C(F)(F)F)n1. The predicted molar refractivity (Wildman–Crippen MR) is 58.1 cm³/mol. The zero-order valence-corrected chi connectivity index (χ0v) is 10.6. The molecule has 0 amide bonds. The number of hydrogen-bond donors (Lipinski definition) is 1. The van der Waals surface area contributed by atoms with E-state index in [-0.39, 0.29) is 23.8 Å². The van der Waals surface area contributed by atoms with E-state index in [1.165, 1.54) is 13.8 Å². The summed E-state index contributed by atoms with van der Waals surface area (Å²) in [6.45, 7) is 2.44. The zero-order chi connectivity index (χ0) is 14.0. The van der Waals surface area contributed by atoms with Crippen LogP contribution >= 0.6 is 0 Å². The van der Waals surface area contributed by atoms with E-state index in [0.29, 0.717) is 0 Å². The molecule has 0 aromatic carbocycles. The van der Waals surface area contributed by atoms with Crippen LogP contribution in [0, 0.1) is 6.92 Å². The van der Waals surface area contributed by atoms with Crippen LogP contribution in [0.4, 0.5) is 13.2 Å². The molecule has 102 valence electrons. The maximum absolute atomic E-state index is 12.5. The molecule has 1 heterocycles. The Morgan fingerprint density at radius 1 is 1.33 bits per heavy atom. The lowest BCUT2D eigenvalue weighted by Crippen LogP contribution is -2.26. The van der Waals surface area contributed by atoms with Crippen molar-refractivity contribution >= 4 is 10.0 Å². The predicted octanol–water partition coefficient (Wildman–Crippen LogP) is 1.24. The molecule has 0 radical (unpaired) electrons. The number of sulfonamides is 1. The molecule has 0 unspecified atom stereocenters. The molecule has 0 saturated carbocycles. The Bertz CT molecular complexity index is 528. The number of nitrogens with zero attached hydrogens (tertiary/aromatic N) is 2. The Balaban J connectivity index is 2.95. The normalized spacial score (nSPS) is 12.7. The Hall–Kier alpha value is -1.22. The molecule has 5 nitrogen and oxygen atoms in total. The van der Waals surface area contributed by atoms with Crippen molar-refractivity contribution in [2.24, 2.45) is 0 Å². The van der Waals surface area contributed by atoms with Crippen molar-refractivity contribution in [2.75, 3.05) is 5.75 Å². The van der Waals surface area contributed by atoms with Gasteiger partial charge in [-0.15, -0.1) is 0 Å². The van der Waals surface area contributed by atoms with Gasteiger partial charge in [-0.2, -0.15) is 13.2 Å². The fraction of sp³-hybridized carbons (Fsp3) is 0.556. The first kappa shape index (κ1) is 14.8. The Morgan fingerprint density at radius 3 is 2.44 bits per heavy atom. The molecule has 0 saturated heterocycles. The van der Waals surface area contributed by atoms with Crippen LogP contribution in [0.15, 0.2) is 6.07 Å². The molecule has 1 N–H and O–H groups in total. The summed E-state index contributed by atoms with van der Waals surface area (Å²) in [5.74, 6) is -0.371. The molecule has 0 aliphatic rings. The van der Waals surface area contributed by atoms with E-state index in [1.54, 1.807) is 0 Å². The molecule has 1 rings (SSSR count). The smallest absolute Gasteiger partial charge is 0.237 e. The van der Waals surface area contributed by atoms with E-state index in [1.807, 2.05) is 0 Å². The summed E-state index contributed by atoms with van der Waals surface area (Å²) in [6, 6.07) is 0.803. The van der Waals surface area contributed by atoms with Crippen LogP contribution in [0.3, 0.4) is 0 Å². The average Bonchev–Trinajstić information content (AvgIpc) is 2.25. The van der Waals surface area contributed by atoms with Crippen molar-refractivity contribution in [1.29, 1.82) is 0 Å². The van der Waals surface area contributed by atoms with E-state index in [9.17, 15) is 21.6 Å². The average molecular weight is 283 g/mol. The fourth-order valence-corrected chi connectivity index (χ4v) is 1.68. The van der Waals surface area contributed by atoms with Gasteiger partial charge in [-0.25, -0.2) is 23.1 Å². The highest BCUT2D eigenvalue weighted by Crippen LogP contribution is 2.27. The Morgan fingerprint density at radius 2 is 1.94 bits per heavy atom. The third kappa shape index (κ3) is 4.22. The first-order valence-electron chi connectivity index (χ1n) is 5.03. The van der Waals surface area contributed by atoms with E-state index in [2.05, 4.69) is 14.7 Å². The minimum atomic E-state index is -4.58. The molecule has 18 heavy (non-hydrogen) atoms. The van der Waals surface area contributed by atoms with Gasteiger partial charge in [0.15, 0.2) is 0 Å². The van der Waals surface area contributed by atoms with Gasteiger partial charge in [-0.3, -0.25) is 0 Å². The van der Waals surface area contributed by atoms with Crippen LogP contribution in [-0.4, -0.2) is 24.1 Å². The monoisotopic (exact) mass is 283 g/mol. The van der Waals surface area contributed by atoms with Crippen LogP contribution in [0.1, 0.15) is 24.1 Å². The standard InChI is InChI=1S/C9H12F3N3O2S/c1-3-18(16,17)13-5-8-14-6(2)4-7(15-8)9(10,11)12/h4,13H,3,5H2,1-2H3. The Kier molecular flexibility index (Phi) is 4.28. The highest BCUT2D eigenvalue weighted by atomic mass is 32.2. The molecule has 0 atom stereocenters. The van der Waals surface area contributed by atoms with Gasteiger partial charge in [-0.1, -0.05) is 0 Å². The van der Waals surface area contributed by atoms with Crippen LogP contribution in [-0.2, 0) is 22.7 Å². The van der Waals surface area contributed by atoms with Gasteiger partial charge in [0.2, 0.25) is 10.0 Å². The lowest BCUT2D eigenvalue weighted by atomic mass is 10.3. The number of nitrogens with one attached hydrogen (secondary N) is 1. The summed E-state index contributed by atoms with van der Waals surface area (Å²) in [5, 5.41) is 0. The summed E-state index contributed by atoms with van der Waals surface area (Å²) in [6.07, 6.45) is -4.58. The van der Waals surface area contributed by atoms with Gasteiger partial charge in [0.25, 0.3) is 0 Å². The van der Waals surface area contributed by atoms with E-state index in [4.69, 9.17) is 0 Å². The number of aromatic nitrogens is 2. The second-order valence-electron chi connectivity index (χ2n) is 3.53. The maximum atomic E-state index is 12.5. The topological polar surface area (TPSA) is 72.0 Å². The maximum Gasteiger partial charge on any atom is 0.433 e. The van der Waals surface area contributed by atoms with Gasteiger partial charge >= 0.3 is 6.18 Å². The minimum Gasteiger partial charge on any atom is -0.237 e. The Labute approximate surface area is 103 Å². The molecule has 0 fully saturated rings. The van der Waals surface area contributed by atoms with Crippen LogP contribution in [0.2, 0.25) is 0 Å². The third-order valence-corrected chi connectivity index (χ3v) is 3.37. The molecule has 0 spiro atoms. The third-order valence-electron chi connectivity index (χ3n) is 2.02. The second-order valence-corrected chi connectivity index (χ2v) is 5.63. The molecule has 0 bridgehead atoms. The number of alkyl halides is 3. The van der Waals surface area contributed by atoms with Gasteiger partial charge in [0.1, 0.15) is 11.5 Å². The molecule has 1 aromatic heterocycles. The number of aryl methyl sites for hydroxylation is 1. The number of rotatable bonds is 4. The van der Waals surface area contributed by atoms with E-state index in [0.717, 1.165) is 6.07 Å². The molecular weight excluding hydrogens is 271 g/mol. The highest BCUT2D eigenvalue weighted by molar-refractivity contribution is 7.89. The van der Waals surface area contributed by atoms with Crippen molar-refractivity contribution in [2.45, 2.75) is 26.6 Å². The van der Waals surface area contributed by atoms with E-state index < -0.39 is 21.9 Å². The van der Waals surface area contributed by atoms with Gasteiger partial charge in [0, 0.05) is 5.69 Å². The molecular formula is C9H12F3N3O2S. The molecule has 1 aromatic rings. The number of halogens is 3. The largest absolute Gasteiger partial charge is 0.433 e. The molecule has 9 heteroatoms. The summed E-state index contributed by atoms with van der Waals surface area (Å²) in [7, 11) is -3.49. The summed E-state index contributed by atoms with van der Waals surface area (Å²) >= 11 is 0. The van der Waals surface area contributed by atoms with Crippen molar-refractivity contribution in [3.8, 4) is 0 Å². The van der Waals surface area contributed by atoms with Crippen molar-refractivity contribution in [3.05, 3.63) is 23.3 Å². The first-order valence-corrected chi connectivity index (χ1v) is 6.68. The van der Waals surface area contributed by atoms with E-state index >= 15 is 0 Å². The van der Waals surface area contributed by atoms with Crippen molar-refractivity contribution in [3.63, 3.8) is 0 Å². The zero-order valence-electron chi connectivity index (χ0n) is 9.74. The minimum absolute atomic E-state index is 0.128. The number of hydrogen-bond acceptors (Lipinski definition) is 4. The lowest BCUT2D eigenvalue weighted by Gasteiger charge is -2.09. The van der Waals surface area contributed by atoms with Crippen molar-refractivity contribution in [1.82, 2.24) is 14.7 Å². The van der Waals surface area contributed by atoms with Crippen LogP contribution in [0.25, 0.3) is 0 Å². The summed E-state index contributed by atoms with van der Waals surface area (Å²) in [5.41, 5.74) is -0.955.